The zero-order chi connectivity index (χ0) is 23.2. The number of rotatable bonds is 6. The summed E-state index contributed by atoms with van der Waals surface area (Å²) >= 11 is 0. The first kappa shape index (κ1) is 23.4. The Morgan fingerprint density at radius 2 is 1.73 bits per heavy atom. The van der Waals surface area contributed by atoms with E-state index < -0.39 is 6.04 Å². The molecule has 0 bridgehead atoms. The number of hydrogen-bond donors (Lipinski definition) is 3. The summed E-state index contributed by atoms with van der Waals surface area (Å²) in [7, 11) is 0. The molecule has 0 radical (unpaired) electrons. The average molecular weight is 457 g/mol. The van der Waals surface area contributed by atoms with Crippen LogP contribution in [0.4, 0.5) is 10.5 Å². The van der Waals surface area contributed by atoms with E-state index in [0.717, 1.165) is 57.1 Å². The molecular weight excluding hydrogens is 420 g/mol. The molecule has 4 rings (SSSR count). The summed E-state index contributed by atoms with van der Waals surface area (Å²) < 4.78 is 5.44. The number of carbonyl (C=O) groups excluding carboxylic acids is 3. The summed E-state index contributed by atoms with van der Waals surface area (Å²) in [6, 6.07) is 6.17. The predicted octanol–water partition coefficient (Wildman–Crippen LogP) is 3.57. The molecule has 2 saturated carbocycles. The second-order valence-electron chi connectivity index (χ2n) is 9.38. The third-order valence-electron chi connectivity index (χ3n) is 7.05. The monoisotopic (exact) mass is 456 g/mol. The minimum atomic E-state index is -0.810. The van der Waals surface area contributed by atoms with E-state index in [1.54, 1.807) is 29.2 Å². The van der Waals surface area contributed by atoms with Crippen LogP contribution in [0.2, 0.25) is 0 Å². The van der Waals surface area contributed by atoms with Crippen molar-refractivity contribution in [2.75, 3.05) is 11.9 Å². The number of anilines is 1. The quantitative estimate of drug-likeness (QED) is 0.609. The molecule has 1 saturated heterocycles. The second kappa shape index (κ2) is 10.9. The summed E-state index contributed by atoms with van der Waals surface area (Å²) in [4.78, 5) is 41.0. The fourth-order valence-electron chi connectivity index (χ4n) is 5.42. The first-order valence-electron chi connectivity index (χ1n) is 12.5. The van der Waals surface area contributed by atoms with Crippen molar-refractivity contribution in [2.24, 2.45) is 0 Å². The van der Waals surface area contributed by atoms with E-state index in [9.17, 15) is 14.4 Å². The highest BCUT2D eigenvalue weighted by Crippen LogP contribution is 2.30. The maximum Gasteiger partial charge on any atom is 0.318 e. The van der Waals surface area contributed by atoms with Crippen molar-refractivity contribution in [3.05, 3.63) is 24.3 Å². The molecule has 1 aliphatic heterocycles. The maximum absolute atomic E-state index is 13.4. The lowest BCUT2D eigenvalue weighted by Gasteiger charge is -2.48. The summed E-state index contributed by atoms with van der Waals surface area (Å²) in [6.07, 6.45) is 9.10. The van der Waals surface area contributed by atoms with Crippen LogP contribution in [-0.2, 0) is 9.59 Å². The van der Waals surface area contributed by atoms with E-state index in [0.29, 0.717) is 12.3 Å². The molecule has 180 valence electrons. The molecule has 3 unspecified atom stereocenters. The van der Waals surface area contributed by atoms with Gasteiger partial charge in [-0.05, 0) is 56.9 Å². The molecule has 2 aliphatic carbocycles. The number of urea groups is 1. The third kappa shape index (κ3) is 5.78. The van der Waals surface area contributed by atoms with Gasteiger partial charge in [0.05, 0.1) is 19.1 Å². The van der Waals surface area contributed by atoms with E-state index in [2.05, 4.69) is 16.0 Å². The van der Waals surface area contributed by atoms with Gasteiger partial charge in [0.15, 0.2) is 0 Å². The molecule has 1 aromatic rings. The number of nitrogens with one attached hydrogen (secondary N) is 3. The zero-order valence-corrected chi connectivity index (χ0v) is 19.5. The zero-order valence-electron chi connectivity index (χ0n) is 19.5. The molecule has 0 aromatic heterocycles. The second-order valence-corrected chi connectivity index (χ2v) is 9.38. The van der Waals surface area contributed by atoms with Crippen LogP contribution in [-0.4, -0.2) is 53.5 Å². The fourth-order valence-corrected chi connectivity index (χ4v) is 5.42. The van der Waals surface area contributed by atoms with Gasteiger partial charge in [-0.15, -0.1) is 0 Å². The van der Waals surface area contributed by atoms with Crippen LogP contribution >= 0.6 is 0 Å². The molecule has 3 aliphatic rings. The fraction of sp³-hybridized carbons (Fsp3) is 0.640. The van der Waals surface area contributed by atoms with Gasteiger partial charge < -0.3 is 25.6 Å². The van der Waals surface area contributed by atoms with E-state index >= 15 is 0 Å². The van der Waals surface area contributed by atoms with E-state index in [-0.39, 0.29) is 42.4 Å². The largest absolute Gasteiger partial charge is 0.494 e. The van der Waals surface area contributed by atoms with E-state index in [4.69, 9.17) is 4.74 Å². The molecular formula is C25H36N4O4. The molecule has 3 fully saturated rings. The maximum atomic E-state index is 13.4. The van der Waals surface area contributed by atoms with Crippen LogP contribution in [0.5, 0.6) is 5.75 Å². The number of ether oxygens (including phenoxy) is 1. The molecule has 33 heavy (non-hydrogen) atoms. The molecule has 3 atom stereocenters. The third-order valence-corrected chi connectivity index (χ3v) is 7.05. The Morgan fingerprint density at radius 1 is 1.03 bits per heavy atom. The summed E-state index contributed by atoms with van der Waals surface area (Å²) in [5.74, 6) is 0.207. The van der Waals surface area contributed by atoms with Crippen LogP contribution in [0, 0.1) is 0 Å². The van der Waals surface area contributed by atoms with Crippen LogP contribution in [0.3, 0.4) is 0 Å². The van der Waals surface area contributed by atoms with E-state index in [1.807, 2.05) is 6.92 Å². The van der Waals surface area contributed by atoms with Crippen LogP contribution < -0.4 is 20.7 Å². The Hall–Kier alpha value is -2.77. The Labute approximate surface area is 195 Å². The Balaban J connectivity index is 1.46. The lowest BCUT2D eigenvalue weighted by molar-refractivity contribution is -0.135. The molecule has 1 heterocycles. The molecule has 8 heteroatoms. The van der Waals surface area contributed by atoms with Gasteiger partial charge in [0, 0.05) is 17.8 Å². The first-order chi connectivity index (χ1) is 16.0. The van der Waals surface area contributed by atoms with Crippen LogP contribution in [0.15, 0.2) is 24.3 Å². The van der Waals surface area contributed by atoms with Gasteiger partial charge in [-0.1, -0.05) is 32.1 Å². The SMILES string of the molecule is CCOc1ccc(NC(=O)CC2C(=O)NC3CCCCC3N2C(=O)NC2CCCCC2)cc1. The topological polar surface area (TPSA) is 99.8 Å². The number of benzene rings is 1. The molecule has 4 amide bonds. The number of hydrogen-bond acceptors (Lipinski definition) is 4. The van der Waals surface area contributed by atoms with Gasteiger partial charge in [-0.25, -0.2) is 4.79 Å². The number of nitrogens with zero attached hydrogens (tertiary/aromatic N) is 1. The lowest BCUT2D eigenvalue weighted by atomic mass is 9.85. The standard InChI is InChI=1S/C25H36N4O4/c1-2-33-19-14-12-18(13-15-19)26-23(30)16-22-24(31)28-20-10-6-7-11-21(20)29(22)25(32)27-17-8-4-3-5-9-17/h12-15,17,20-22H,2-11,16H2,1H3,(H,26,30)(H,27,32)(H,28,31). The van der Waals surface area contributed by atoms with Crippen LogP contribution in [0.1, 0.15) is 71.1 Å². The van der Waals surface area contributed by atoms with Crippen molar-refractivity contribution in [1.82, 2.24) is 15.5 Å². The van der Waals surface area contributed by atoms with Gasteiger partial charge in [0.25, 0.3) is 0 Å². The summed E-state index contributed by atoms with van der Waals surface area (Å²) in [6.45, 7) is 2.49. The lowest BCUT2D eigenvalue weighted by Crippen LogP contribution is -2.69. The van der Waals surface area contributed by atoms with Crippen molar-refractivity contribution in [1.29, 1.82) is 0 Å². The summed E-state index contributed by atoms with van der Waals surface area (Å²) in [5, 5.41) is 9.12. The van der Waals surface area contributed by atoms with Gasteiger partial charge >= 0.3 is 6.03 Å². The van der Waals surface area contributed by atoms with Crippen LogP contribution in [0.25, 0.3) is 0 Å². The van der Waals surface area contributed by atoms with Crippen molar-refractivity contribution in [2.45, 2.75) is 95.3 Å². The Morgan fingerprint density at radius 3 is 2.45 bits per heavy atom. The minimum Gasteiger partial charge on any atom is -0.494 e. The minimum absolute atomic E-state index is 0.0335. The van der Waals surface area contributed by atoms with Gasteiger partial charge in [-0.3, -0.25) is 9.59 Å². The number of fused-ring (bicyclic) bond motifs is 1. The van der Waals surface area contributed by atoms with Crippen molar-refractivity contribution in [3.63, 3.8) is 0 Å². The Bertz CT molecular complexity index is 837. The van der Waals surface area contributed by atoms with Crippen molar-refractivity contribution < 1.29 is 19.1 Å². The number of piperazine rings is 1. The summed E-state index contributed by atoms with van der Waals surface area (Å²) in [5.41, 5.74) is 0.633. The van der Waals surface area contributed by atoms with E-state index in [1.165, 1.54) is 6.42 Å². The highest BCUT2D eigenvalue weighted by Gasteiger charge is 2.46. The first-order valence-corrected chi connectivity index (χ1v) is 12.5. The molecule has 8 nitrogen and oxygen atoms in total. The normalized spacial score (nSPS) is 25.5. The smallest absolute Gasteiger partial charge is 0.318 e. The highest BCUT2D eigenvalue weighted by molar-refractivity contribution is 5.97. The average Bonchev–Trinajstić information content (AvgIpc) is 2.81. The van der Waals surface area contributed by atoms with Gasteiger partial charge in [0.1, 0.15) is 11.8 Å². The molecule has 1 aromatic carbocycles. The molecule has 0 spiro atoms. The number of amides is 4. The number of carbonyl (C=O) groups is 3. The molecule has 3 N–H and O–H groups in total. The predicted molar refractivity (Wildman–Crippen MR) is 126 cm³/mol. The van der Waals surface area contributed by atoms with Gasteiger partial charge in [0.2, 0.25) is 11.8 Å². The van der Waals surface area contributed by atoms with Crippen molar-refractivity contribution >= 4 is 23.5 Å². The van der Waals surface area contributed by atoms with Crippen molar-refractivity contribution in [3.8, 4) is 5.75 Å². The Kier molecular flexibility index (Phi) is 7.73. The highest BCUT2D eigenvalue weighted by atomic mass is 16.5. The van der Waals surface area contributed by atoms with Gasteiger partial charge in [-0.2, -0.15) is 0 Å².